The molecule has 1 aromatic heterocycles. The van der Waals surface area contributed by atoms with E-state index in [2.05, 4.69) is 4.98 Å². The van der Waals surface area contributed by atoms with E-state index in [1.54, 1.807) is 0 Å². The summed E-state index contributed by atoms with van der Waals surface area (Å²) in [5.41, 5.74) is 2.86. The van der Waals surface area contributed by atoms with E-state index in [0.717, 1.165) is 22.2 Å². The Morgan fingerprint density at radius 1 is 1.46 bits per heavy atom. The number of rotatable bonds is 1. The summed E-state index contributed by atoms with van der Waals surface area (Å²) in [6, 6.07) is 5.75. The van der Waals surface area contributed by atoms with E-state index in [1.807, 2.05) is 25.1 Å². The first kappa shape index (κ1) is 8.60. The molecule has 2 nitrogen and oxygen atoms in total. The van der Waals surface area contributed by atoms with Crippen LogP contribution in [0.5, 0.6) is 0 Å². The lowest BCUT2D eigenvalue weighted by Gasteiger charge is -2.00. The fraction of sp³-hybridized carbons (Fsp3) is 0.200. The van der Waals surface area contributed by atoms with E-state index < -0.39 is 0 Å². The van der Waals surface area contributed by atoms with Gasteiger partial charge in [0.05, 0.1) is 11.6 Å². The van der Waals surface area contributed by atoms with Crippen LogP contribution in [0, 0.1) is 6.92 Å². The van der Waals surface area contributed by atoms with Crippen molar-refractivity contribution in [1.29, 1.82) is 0 Å². The van der Waals surface area contributed by atoms with Crippen molar-refractivity contribution in [2.75, 3.05) is 0 Å². The summed E-state index contributed by atoms with van der Waals surface area (Å²) in [6.07, 6.45) is 0. The second-order valence-corrected chi connectivity index (χ2v) is 3.49. The number of hydrogen-bond donors (Lipinski definition) is 2. The molecule has 0 fully saturated rings. The molecule has 13 heavy (non-hydrogen) atoms. The van der Waals surface area contributed by atoms with Crippen molar-refractivity contribution in [1.82, 2.24) is 4.98 Å². The molecule has 0 saturated carbocycles. The standard InChI is InChI=1S/C10H10ClNO/c1-6-4-8-9(12-6)3-2-7(5-13)10(8)11/h2-4,12-13H,5H2,1H3. The highest BCUT2D eigenvalue weighted by Gasteiger charge is 2.05. The number of benzene rings is 1. The smallest absolute Gasteiger partial charge is 0.0696 e. The molecule has 68 valence electrons. The third-order valence-corrected chi connectivity index (χ3v) is 2.57. The highest BCUT2D eigenvalue weighted by Crippen LogP contribution is 2.27. The molecule has 0 bridgehead atoms. The topological polar surface area (TPSA) is 36.0 Å². The predicted octanol–water partition coefficient (Wildman–Crippen LogP) is 2.62. The first-order valence-corrected chi connectivity index (χ1v) is 4.47. The molecule has 2 N–H and O–H groups in total. The summed E-state index contributed by atoms with van der Waals surface area (Å²) in [7, 11) is 0. The highest BCUT2D eigenvalue weighted by molar-refractivity contribution is 6.36. The van der Waals surface area contributed by atoms with E-state index in [4.69, 9.17) is 16.7 Å². The van der Waals surface area contributed by atoms with Crippen LogP contribution in [0.1, 0.15) is 11.3 Å². The monoisotopic (exact) mass is 195 g/mol. The lowest BCUT2D eigenvalue weighted by atomic mass is 10.1. The molecule has 0 aliphatic rings. The van der Waals surface area contributed by atoms with E-state index in [0.29, 0.717) is 5.02 Å². The Bertz CT molecular complexity index is 447. The number of H-pyrrole nitrogens is 1. The van der Waals surface area contributed by atoms with Crippen LogP contribution < -0.4 is 0 Å². The molecule has 2 aromatic rings. The second-order valence-electron chi connectivity index (χ2n) is 3.11. The van der Waals surface area contributed by atoms with Crippen LogP contribution in [0.25, 0.3) is 10.9 Å². The number of aromatic amines is 1. The molecule has 0 spiro atoms. The van der Waals surface area contributed by atoms with Crippen LogP contribution in [-0.4, -0.2) is 10.1 Å². The molecule has 1 heterocycles. The number of aliphatic hydroxyl groups excluding tert-OH is 1. The summed E-state index contributed by atoms with van der Waals surface area (Å²) in [4.78, 5) is 3.18. The normalized spacial score (nSPS) is 11.0. The van der Waals surface area contributed by atoms with Gasteiger partial charge in [0.2, 0.25) is 0 Å². The van der Waals surface area contributed by atoms with Crippen molar-refractivity contribution >= 4 is 22.5 Å². The van der Waals surface area contributed by atoms with Gasteiger partial charge in [-0.1, -0.05) is 17.7 Å². The number of hydrogen-bond acceptors (Lipinski definition) is 1. The van der Waals surface area contributed by atoms with Gasteiger partial charge in [-0.2, -0.15) is 0 Å². The summed E-state index contributed by atoms with van der Waals surface area (Å²) in [5, 5.41) is 10.6. The number of nitrogens with one attached hydrogen (secondary N) is 1. The second kappa shape index (κ2) is 3.05. The molecule has 0 aliphatic carbocycles. The predicted molar refractivity (Wildman–Crippen MR) is 54.0 cm³/mol. The van der Waals surface area contributed by atoms with Crippen molar-refractivity contribution in [3.63, 3.8) is 0 Å². The zero-order chi connectivity index (χ0) is 9.42. The zero-order valence-corrected chi connectivity index (χ0v) is 8.02. The maximum atomic E-state index is 8.99. The van der Waals surface area contributed by atoms with Gasteiger partial charge in [-0.3, -0.25) is 0 Å². The minimum Gasteiger partial charge on any atom is -0.392 e. The van der Waals surface area contributed by atoms with Gasteiger partial charge in [-0.25, -0.2) is 0 Å². The van der Waals surface area contributed by atoms with Gasteiger partial charge < -0.3 is 10.1 Å². The van der Waals surface area contributed by atoms with Gasteiger partial charge in [0.15, 0.2) is 0 Å². The summed E-state index contributed by atoms with van der Waals surface area (Å²) >= 11 is 6.08. The van der Waals surface area contributed by atoms with Crippen LogP contribution in [0.3, 0.4) is 0 Å². The van der Waals surface area contributed by atoms with Gasteiger partial charge in [0.25, 0.3) is 0 Å². The maximum absolute atomic E-state index is 8.99. The summed E-state index contributed by atoms with van der Waals surface area (Å²) in [5.74, 6) is 0. The van der Waals surface area contributed by atoms with Gasteiger partial charge in [0.1, 0.15) is 0 Å². The molecule has 0 unspecified atom stereocenters. The average Bonchev–Trinajstić information content (AvgIpc) is 2.47. The molecule has 1 aromatic carbocycles. The number of aromatic nitrogens is 1. The van der Waals surface area contributed by atoms with Crippen LogP contribution in [0.4, 0.5) is 0 Å². The van der Waals surface area contributed by atoms with Crippen LogP contribution in [-0.2, 0) is 6.61 Å². The van der Waals surface area contributed by atoms with E-state index in [1.165, 1.54) is 0 Å². The van der Waals surface area contributed by atoms with Gasteiger partial charge in [0, 0.05) is 16.6 Å². The number of aryl methyl sites for hydroxylation is 1. The van der Waals surface area contributed by atoms with Crippen LogP contribution >= 0.6 is 11.6 Å². The highest BCUT2D eigenvalue weighted by atomic mass is 35.5. The molecule has 0 aliphatic heterocycles. The molecule has 2 rings (SSSR count). The Morgan fingerprint density at radius 2 is 2.23 bits per heavy atom. The average molecular weight is 196 g/mol. The number of aliphatic hydroxyl groups is 1. The molecule has 0 radical (unpaired) electrons. The molecule has 0 amide bonds. The Morgan fingerprint density at radius 3 is 2.92 bits per heavy atom. The Balaban J connectivity index is 2.78. The lowest BCUT2D eigenvalue weighted by Crippen LogP contribution is -1.84. The lowest BCUT2D eigenvalue weighted by molar-refractivity contribution is 0.282. The van der Waals surface area contributed by atoms with Crippen molar-refractivity contribution in [3.8, 4) is 0 Å². The van der Waals surface area contributed by atoms with Crippen LogP contribution in [0.15, 0.2) is 18.2 Å². The first-order chi connectivity index (χ1) is 6.22. The minimum absolute atomic E-state index is 0.0149. The Kier molecular flexibility index (Phi) is 2.02. The Hall–Kier alpha value is -0.990. The fourth-order valence-electron chi connectivity index (χ4n) is 1.48. The minimum atomic E-state index is -0.0149. The van der Waals surface area contributed by atoms with Crippen LogP contribution in [0.2, 0.25) is 5.02 Å². The fourth-order valence-corrected chi connectivity index (χ4v) is 1.75. The zero-order valence-electron chi connectivity index (χ0n) is 7.26. The van der Waals surface area contributed by atoms with E-state index in [9.17, 15) is 0 Å². The SMILES string of the molecule is Cc1cc2c(Cl)c(CO)ccc2[nH]1. The summed E-state index contributed by atoms with van der Waals surface area (Å²) in [6.45, 7) is 1.97. The van der Waals surface area contributed by atoms with Crippen molar-refractivity contribution in [2.24, 2.45) is 0 Å². The first-order valence-electron chi connectivity index (χ1n) is 4.10. The van der Waals surface area contributed by atoms with E-state index >= 15 is 0 Å². The Labute approximate surface area is 81.1 Å². The van der Waals surface area contributed by atoms with Crippen molar-refractivity contribution in [3.05, 3.63) is 34.5 Å². The molecular weight excluding hydrogens is 186 g/mol. The largest absolute Gasteiger partial charge is 0.392 e. The quantitative estimate of drug-likeness (QED) is 0.721. The van der Waals surface area contributed by atoms with E-state index in [-0.39, 0.29) is 6.61 Å². The molecule has 0 atom stereocenters. The number of halogens is 1. The van der Waals surface area contributed by atoms with Crippen molar-refractivity contribution in [2.45, 2.75) is 13.5 Å². The number of fused-ring (bicyclic) bond motifs is 1. The third kappa shape index (κ3) is 1.32. The van der Waals surface area contributed by atoms with Gasteiger partial charge in [-0.15, -0.1) is 0 Å². The molecule has 0 saturated heterocycles. The van der Waals surface area contributed by atoms with Gasteiger partial charge in [-0.05, 0) is 24.6 Å². The third-order valence-electron chi connectivity index (χ3n) is 2.12. The maximum Gasteiger partial charge on any atom is 0.0696 e. The molecular formula is C10H10ClNO. The molecule has 3 heteroatoms. The van der Waals surface area contributed by atoms with Gasteiger partial charge >= 0.3 is 0 Å². The summed E-state index contributed by atoms with van der Waals surface area (Å²) < 4.78 is 0. The van der Waals surface area contributed by atoms with Crippen molar-refractivity contribution < 1.29 is 5.11 Å².